The molecule has 1 spiro atoms. The first-order valence-electron chi connectivity index (χ1n) is 8.90. The summed E-state index contributed by atoms with van der Waals surface area (Å²) >= 11 is 6.25. The number of carbonyl (C=O) groups excluding carboxylic acids is 1. The quantitative estimate of drug-likeness (QED) is 0.825. The number of piperidine rings is 1. The van der Waals surface area contributed by atoms with E-state index in [9.17, 15) is 4.79 Å². The maximum absolute atomic E-state index is 11.9. The molecule has 3 heterocycles. The van der Waals surface area contributed by atoms with Crippen LogP contribution in [0.25, 0.3) is 11.3 Å². The van der Waals surface area contributed by atoms with Gasteiger partial charge in [0.1, 0.15) is 11.5 Å². The van der Waals surface area contributed by atoms with E-state index in [4.69, 9.17) is 16.0 Å². The fourth-order valence-corrected chi connectivity index (χ4v) is 4.37. The van der Waals surface area contributed by atoms with Crippen molar-refractivity contribution in [3.63, 3.8) is 0 Å². The minimum atomic E-state index is 0.0967. The SMILES string of the molecule is CN1C(=O)CCC12CCN(Cc1ccc(-c3ccccc3Cl)o1)CC2. The monoisotopic (exact) mass is 358 g/mol. The number of halogens is 1. The topological polar surface area (TPSA) is 36.7 Å². The number of benzene rings is 1. The predicted octanol–water partition coefficient (Wildman–Crippen LogP) is 4.19. The van der Waals surface area contributed by atoms with Crippen molar-refractivity contribution in [1.82, 2.24) is 9.80 Å². The van der Waals surface area contributed by atoms with Gasteiger partial charge in [0.2, 0.25) is 5.91 Å². The van der Waals surface area contributed by atoms with E-state index in [0.717, 1.165) is 56.0 Å². The van der Waals surface area contributed by atoms with E-state index in [1.807, 2.05) is 48.3 Å². The molecule has 2 fully saturated rings. The Labute approximate surface area is 153 Å². The molecule has 132 valence electrons. The van der Waals surface area contributed by atoms with E-state index < -0.39 is 0 Å². The lowest BCUT2D eigenvalue weighted by atomic mass is 9.85. The molecule has 1 amide bonds. The van der Waals surface area contributed by atoms with Crippen molar-refractivity contribution in [3.8, 4) is 11.3 Å². The molecule has 0 bridgehead atoms. The zero-order chi connectivity index (χ0) is 17.4. The van der Waals surface area contributed by atoms with Gasteiger partial charge in [-0.1, -0.05) is 23.7 Å². The molecule has 0 radical (unpaired) electrons. The lowest BCUT2D eigenvalue weighted by molar-refractivity contribution is -0.130. The second-order valence-electron chi connectivity index (χ2n) is 7.20. The highest BCUT2D eigenvalue weighted by molar-refractivity contribution is 6.33. The molecule has 0 unspecified atom stereocenters. The minimum absolute atomic E-state index is 0.0967. The van der Waals surface area contributed by atoms with Gasteiger partial charge in [-0.2, -0.15) is 0 Å². The van der Waals surface area contributed by atoms with E-state index in [1.165, 1.54) is 0 Å². The van der Waals surface area contributed by atoms with Crippen LogP contribution in [0.1, 0.15) is 31.4 Å². The summed E-state index contributed by atoms with van der Waals surface area (Å²) in [6.07, 6.45) is 3.81. The zero-order valence-electron chi connectivity index (χ0n) is 14.5. The number of carbonyl (C=O) groups is 1. The van der Waals surface area contributed by atoms with Crippen LogP contribution in [0.15, 0.2) is 40.8 Å². The molecule has 0 N–H and O–H groups in total. The molecule has 0 saturated carbocycles. The normalized spacial score (nSPS) is 20.6. The molecule has 5 heteroatoms. The van der Waals surface area contributed by atoms with Gasteiger partial charge in [0.05, 0.1) is 11.6 Å². The Bertz CT molecular complexity index is 778. The molecule has 25 heavy (non-hydrogen) atoms. The van der Waals surface area contributed by atoms with Crippen LogP contribution >= 0.6 is 11.6 Å². The van der Waals surface area contributed by atoms with Crippen molar-refractivity contribution in [1.29, 1.82) is 0 Å². The van der Waals surface area contributed by atoms with Crippen molar-refractivity contribution in [3.05, 3.63) is 47.2 Å². The number of hydrogen-bond acceptors (Lipinski definition) is 3. The molecule has 4 rings (SSSR count). The van der Waals surface area contributed by atoms with Crippen molar-refractivity contribution < 1.29 is 9.21 Å². The Kier molecular flexibility index (Phi) is 4.34. The number of rotatable bonds is 3. The molecular weight excluding hydrogens is 336 g/mol. The Morgan fingerprint density at radius 3 is 2.56 bits per heavy atom. The number of likely N-dealkylation sites (tertiary alicyclic amines) is 2. The summed E-state index contributed by atoms with van der Waals surface area (Å²) in [6, 6.07) is 11.8. The van der Waals surface area contributed by atoms with Crippen molar-refractivity contribution in [2.24, 2.45) is 0 Å². The Morgan fingerprint density at radius 1 is 1.12 bits per heavy atom. The van der Waals surface area contributed by atoms with Gasteiger partial charge in [-0.15, -0.1) is 0 Å². The largest absolute Gasteiger partial charge is 0.460 e. The third kappa shape index (κ3) is 3.09. The average Bonchev–Trinajstić information content (AvgIpc) is 3.18. The van der Waals surface area contributed by atoms with Gasteiger partial charge < -0.3 is 9.32 Å². The van der Waals surface area contributed by atoms with Gasteiger partial charge in [-0.05, 0) is 43.5 Å². The lowest BCUT2D eigenvalue weighted by Crippen LogP contribution is -2.51. The molecule has 2 aromatic rings. The van der Waals surface area contributed by atoms with Gasteiger partial charge in [-0.3, -0.25) is 9.69 Å². The smallest absolute Gasteiger partial charge is 0.222 e. The second kappa shape index (κ2) is 6.50. The number of nitrogens with zero attached hydrogens (tertiary/aromatic N) is 2. The first-order chi connectivity index (χ1) is 12.1. The van der Waals surface area contributed by atoms with Crippen molar-refractivity contribution in [2.45, 2.75) is 37.8 Å². The van der Waals surface area contributed by atoms with Gasteiger partial charge >= 0.3 is 0 Å². The van der Waals surface area contributed by atoms with Crippen LogP contribution in [0.4, 0.5) is 0 Å². The summed E-state index contributed by atoms with van der Waals surface area (Å²) in [5.74, 6) is 2.07. The van der Waals surface area contributed by atoms with Crippen LogP contribution in [0, 0.1) is 0 Å². The minimum Gasteiger partial charge on any atom is -0.460 e. The lowest BCUT2D eigenvalue weighted by Gasteiger charge is -2.43. The molecule has 2 aliphatic rings. The van der Waals surface area contributed by atoms with Crippen molar-refractivity contribution in [2.75, 3.05) is 20.1 Å². The van der Waals surface area contributed by atoms with E-state index in [1.54, 1.807) is 0 Å². The standard InChI is InChI=1S/C20H23ClN2O2/c1-22-19(24)8-9-20(22)10-12-23(13-11-20)14-15-6-7-18(25-15)16-4-2-3-5-17(16)21/h2-7H,8-14H2,1H3. The highest BCUT2D eigenvalue weighted by atomic mass is 35.5. The Balaban J connectivity index is 1.40. The summed E-state index contributed by atoms with van der Waals surface area (Å²) in [6.45, 7) is 2.80. The zero-order valence-corrected chi connectivity index (χ0v) is 15.3. The first kappa shape index (κ1) is 16.7. The third-order valence-corrected chi connectivity index (χ3v) is 6.19. The van der Waals surface area contributed by atoms with E-state index in [0.29, 0.717) is 17.4 Å². The number of amides is 1. The van der Waals surface area contributed by atoms with Crippen LogP contribution in [0.3, 0.4) is 0 Å². The van der Waals surface area contributed by atoms with Crippen LogP contribution in [0.2, 0.25) is 5.02 Å². The highest BCUT2D eigenvalue weighted by Gasteiger charge is 2.44. The molecule has 4 nitrogen and oxygen atoms in total. The summed E-state index contributed by atoms with van der Waals surface area (Å²) in [7, 11) is 1.97. The summed E-state index contributed by atoms with van der Waals surface area (Å²) in [5, 5.41) is 0.706. The highest BCUT2D eigenvalue weighted by Crippen LogP contribution is 2.38. The molecular formula is C20H23ClN2O2. The second-order valence-corrected chi connectivity index (χ2v) is 7.61. The first-order valence-corrected chi connectivity index (χ1v) is 9.28. The average molecular weight is 359 g/mol. The number of hydrogen-bond donors (Lipinski definition) is 0. The number of furan rings is 1. The maximum Gasteiger partial charge on any atom is 0.222 e. The van der Waals surface area contributed by atoms with E-state index >= 15 is 0 Å². The van der Waals surface area contributed by atoms with Gasteiger partial charge in [0, 0.05) is 37.7 Å². The van der Waals surface area contributed by atoms with E-state index in [2.05, 4.69) is 4.90 Å². The Morgan fingerprint density at radius 2 is 1.88 bits per heavy atom. The third-order valence-electron chi connectivity index (χ3n) is 5.86. The molecule has 0 aliphatic carbocycles. The van der Waals surface area contributed by atoms with Gasteiger partial charge in [-0.25, -0.2) is 0 Å². The Hall–Kier alpha value is -1.78. The van der Waals surface area contributed by atoms with E-state index in [-0.39, 0.29) is 5.54 Å². The molecule has 1 aromatic carbocycles. The van der Waals surface area contributed by atoms with Crippen LogP contribution < -0.4 is 0 Å². The van der Waals surface area contributed by atoms with Crippen molar-refractivity contribution >= 4 is 17.5 Å². The summed E-state index contributed by atoms with van der Waals surface area (Å²) in [4.78, 5) is 16.3. The van der Waals surface area contributed by atoms with Gasteiger partial charge in [0.25, 0.3) is 0 Å². The summed E-state index contributed by atoms with van der Waals surface area (Å²) < 4.78 is 6.02. The molecule has 1 aromatic heterocycles. The van der Waals surface area contributed by atoms with Crippen LogP contribution in [0.5, 0.6) is 0 Å². The van der Waals surface area contributed by atoms with Crippen LogP contribution in [-0.4, -0.2) is 41.4 Å². The summed E-state index contributed by atoms with van der Waals surface area (Å²) in [5.41, 5.74) is 1.03. The fourth-order valence-electron chi connectivity index (χ4n) is 4.14. The molecule has 2 saturated heterocycles. The maximum atomic E-state index is 11.9. The predicted molar refractivity (Wildman–Crippen MR) is 98.4 cm³/mol. The molecule has 0 atom stereocenters. The van der Waals surface area contributed by atoms with Crippen LogP contribution in [-0.2, 0) is 11.3 Å². The fraction of sp³-hybridized carbons (Fsp3) is 0.450. The van der Waals surface area contributed by atoms with Gasteiger partial charge in [0.15, 0.2) is 0 Å². The molecule has 2 aliphatic heterocycles.